The Hall–Kier alpha value is -0.574. The Bertz CT molecular complexity index is 894. The second-order valence-corrected chi connectivity index (χ2v) is 6.48. The second-order valence-electron chi connectivity index (χ2n) is 4.24. The number of benzene rings is 2. The molecule has 0 saturated heterocycles. The van der Waals surface area contributed by atoms with Crippen LogP contribution >= 0.6 is 15.9 Å². The third-order valence-electron chi connectivity index (χ3n) is 2.73. The van der Waals surface area contributed by atoms with E-state index in [0.717, 1.165) is 12.1 Å². The fraction of sp³-hybridized carbons (Fsp3) is 0. The fourth-order valence-corrected chi connectivity index (χ4v) is 2.54. The summed E-state index contributed by atoms with van der Waals surface area (Å²) in [6, 6.07) is 11.4. The van der Waals surface area contributed by atoms with E-state index in [9.17, 15) is 17.8 Å². The van der Waals surface area contributed by atoms with Crippen molar-refractivity contribution in [1.82, 2.24) is 0 Å². The van der Waals surface area contributed by atoms with E-state index in [1.807, 2.05) is 6.07 Å². The number of hydrogen-bond acceptors (Lipinski definition) is 5. The third-order valence-corrected chi connectivity index (χ3v) is 4.25. The van der Waals surface area contributed by atoms with E-state index in [1.54, 1.807) is 12.1 Å². The van der Waals surface area contributed by atoms with Gasteiger partial charge in [0.15, 0.2) is 0 Å². The van der Waals surface area contributed by atoms with E-state index in [0.29, 0.717) is 15.7 Å². The largest absolute Gasteiger partial charge is 1.00 e. The fourth-order valence-electron chi connectivity index (χ4n) is 1.68. The first kappa shape index (κ1) is 20.5. The van der Waals surface area contributed by atoms with Gasteiger partial charge >= 0.3 is 51.4 Å². The van der Waals surface area contributed by atoms with Crippen molar-refractivity contribution in [1.29, 1.82) is 5.26 Å². The zero-order chi connectivity index (χ0) is 16.3. The molecule has 1 N–H and O–H groups in total. The predicted molar refractivity (Wildman–Crippen MR) is 81.2 cm³/mol. The van der Waals surface area contributed by atoms with Crippen molar-refractivity contribution in [2.24, 2.45) is 0 Å². The standard InChI is InChI=1S/C14H9BrN2O4S.K/c15-12-5-4-9(8-16)6-13(12)17-14(18)10-2-1-3-11(7-10)22(19,20)21;/h1-7H,(H,17,18)(H,19,20,21);/q;+1/p-1. The molecule has 2 rings (SSSR count). The molecular formula is C14H8BrKN2O4S. The van der Waals surface area contributed by atoms with Crippen molar-refractivity contribution >= 4 is 37.6 Å². The molecule has 0 saturated carbocycles. The molecule has 0 spiro atoms. The average Bonchev–Trinajstić information content (AvgIpc) is 2.48. The van der Waals surface area contributed by atoms with E-state index in [4.69, 9.17) is 5.26 Å². The molecule has 1 amide bonds. The summed E-state index contributed by atoms with van der Waals surface area (Å²) in [7, 11) is -4.63. The molecule has 0 unspecified atom stereocenters. The normalized spacial score (nSPS) is 10.3. The Labute approximate surface area is 184 Å². The maximum atomic E-state index is 12.1. The molecule has 0 aliphatic carbocycles. The zero-order valence-electron chi connectivity index (χ0n) is 11.9. The Morgan fingerprint density at radius 2 is 1.91 bits per heavy atom. The van der Waals surface area contributed by atoms with E-state index < -0.39 is 20.9 Å². The number of nitrogens with zero attached hydrogens (tertiary/aromatic N) is 1. The van der Waals surface area contributed by atoms with Crippen LogP contribution in [0.25, 0.3) is 0 Å². The molecule has 9 heteroatoms. The van der Waals surface area contributed by atoms with Crippen molar-refractivity contribution in [3.05, 3.63) is 58.1 Å². The van der Waals surface area contributed by atoms with E-state index >= 15 is 0 Å². The van der Waals surface area contributed by atoms with Crippen LogP contribution in [0, 0.1) is 11.3 Å². The second kappa shape index (κ2) is 8.50. The maximum absolute atomic E-state index is 12.1. The van der Waals surface area contributed by atoms with Gasteiger partial charge in [-0.25, -0.2) is 8.42 Å². The molecule has 0 aliphatic rings. The molecule has 0 heterocycles. The molecule has 0 aliphatic heterocycles. The number of carbonyl (C=O) groups excluding carboxylic acids is 1. The number of halogens is 1. The molecule has 0 bridgehead atoms. The van der Waals surface area contributed by atoms with Gasteiger partial charge in [-0.15, -0.1) is 0 Å². The van der Waals surface area contributed by atoms with Crippen LogP contribution in [0.15, 0.2) is 51.8 Å². The van der Waals surface area contributed by atoms with Crippen molar-refractivity contribution in [3.63, 3.8) is 0 Å². The quantitative estimate of drug-likeness (QED) is 0.532. The first-order valence-electron chi connectivity index (χ1n) is 5.88. The summed E-state index contributed by atoms with van der Waals surface area (Å²) in [6.07, 6.45) is 0. The predicted octanol–water partition coefficient (Wildman–Crippen LogP) is -0.519. The van der Waals surface area contributed by atoms with E-state index in [2.05, 4.69) is 21.2 Å². The van der Waals surface area contributed by atoms with Gasteiger partial charge in [0.25, 0.3) is 5.91 Å². The summed E-state index contributed by atoms with van der Waals surface area (Å²) in [4.78, 5) is 11.7. The minimum atomic E-state index is -4.63. The molecule has 112 valence electrons. The first-order chi connectivity index (χ1) is 10.3. The number of nitriles is 1. The Morgan fingerprint density at radius 3 is 2.52 bits per heavy atom. The van der Waals surface area contributed by atoms with Gasteiger partial charge in [-0.1, -0.05) is 6.07 Å². The molecule has 0 radical (unpaired) electrons. The summed E-state index contributed by atoms with van der Waals surface area (Å²) < 4.78 is 33.5. The van der Waals surface area contributed by atoms with Gasteiger partial charge in [-0.2, -0.15) is 5.26 Å². The molecule has 2 aromatic rings. The van der Waals surface area contributed by atoms with Gasteiger partial charge in [0.1, 0.15) is 10.1 Å². The number of hydrogen-bond donors (Lipinski definition) is 1. The van der Waals surface area contributed by atoms with Crippen LogP contribution in [0.2, 0.25) is 0 Å². The van der Waals surface area contributed by atoms with Crippen LogP contribution in [-0.4, -0.2) is 18.9 Å². The first-order valence-corrected chi connectivity index (χ1v) is 8.08. The van der Waals surface area contributed by atoms with Crippen LogP contribution in [0.3, 0.4) is 0 Å². The van der Waals surface area contributed by atoms with Crippen molar-refractivity contribution in [3.8, 4) is 6.07 Å². The number of nitrogens with one attached hydrogen (secondary N) is 1. The van der Waals surface area contributed by atoms with Crippen LogP contribution in [0.5, 0.6) is 0 Å². The smallest absolute Gasteiger partial charge is 0.744 e. The molecule has 6 nitrogen and oxygen atoms in total. The van der Waals surface area contributed by atoms with Gasteiger partial charge in [-0.3, -0.25) is 4.79 Å². The van der Waals surface area contributed by atoms with Gasteiger partial charge in [-0.05, 0) is 52.3 Å². The molecule has 2 aromatic carbocycles. The summed E-state index contributed by atoms with van der Waals surface area (Å²) >= 11 is 3.24. The number of anilines is 1. The maximum Gasteiger partial charge on any atom is 1.00 e. The van der Waals surface area contributed by atoms with Crippen LogP contribution < -0.4 is 56.7 Å². The van der Waals surface area contributed by atoms with Crippen molar-refractivity contribution in [2.75, 3.05) is 5.32 Å². The van der Waals surface area contributed by atoms with Gasteiger partial charge < -0.3 is 9.87 Å². The van der Waals surface area contributed by atoms with E-state index in [-0.39, 0.29) is 56.9 Å². The van der Waals surface area contributed by atoms with Gasteiger partial charge in [0.05, 0.1) is 22.2 Å². The Morgan fingerprint density at radius 1 is 1.22 bits per heavy atom. The number of amides is 1. The molecular weight excluding hydrogens is 411 g/mol. The van der Waals surface area contributed by atoms with Crippen molar-refractivity contribution < 1.29 is 69.1 Å². The number of rotatable bonds is 3. The molecule has 0 aromatic heterocycles. The van der Waals surface area contributed by atoms with Crippen LogP contribution in [0.4, 0.5) is 5.69 Å². The Kier molecular flexibility index (Phi) is 7.57. The third kappa shape index (κ3) is 5.48. The SMILES string of the molecule is N#Cc1ccc(Br)c(NC(=O)c2cccc(S(=O)(=O)[O-])c2)c1.[K+]. The summed E-state index contributed by atoms with van der Waals surface area (Å²) in [5.41, 5.74) is 0.736. The summed E-state index contributed by atoms with van der Waals surface area (Å²) in [5.74, 6) is -0.596. The average molecular weight is 419 g/mol. The van der Waals surface area contributed by atoms with Crippen LogP contribution in [-0.2, 0) is 10.1 Å². The monoisotopic (exact) mass is 418 g/mol. The zero-order valence-corrected chi connectivity index (χ0v) is 17.4. The minimum absolute atomic E-state index is 0. The molecule has 23 heavy (non-hydrogen) atoms. The Balaban J connectivity index is 0.00000264. The molecule has 0 fully saturated rings. The summed E-state index contributed by atoms with van der Waals surface area (Å²) in [5, 5.41) is 11.4. The van der Waals surface area contributed by atoms with Crippen molar-refractivity contribution in [2.45, 2.75) is 4.90 Å². The molecule has 0 atom stereocenters. The van der Waals surface area contributed by atoms with Gasteiger partial charge in [0, 0.05) is 10.0 Å². The van der Waals surface area contributed by atoms with Gasteiger partial charge in [0.2, 0.25) is 0 Å². The minimum Gasteiger partial charge on any atom is -0.744 e. The van der Waals surface area contributed by atoms with E-state index in [1.165, 1.54) is 18.2 Å². The summed E-state index contributed by atoms with van der Waals surface area (Å²) in [6.45, 7) is 0. The number of carbonyl (C=O) groups is 1. The van der Waals surface area contributed by atoms with Crippen LogP contribution in [0.1, 0.15) is 15.9 Å². The topological polar surface area (TPSA) is 110 Å².